The van der Waals surface area contributed by atoms with Crippen molar-refractivity contribution < 1.29 is 4.74 Å². The molecule has 0 spiro atoms. The number of aryl methyl sites for hydroxylation is 1. The molecule has 0 amide bonds. The van der Waals surface area contributed by atoms with Crippen LogP contribution in [-0.2, 0) is 17.6 Å². The summed E-state index contributed by atoms with van der Waals surface area (Å²) in [6.07, 6.45) is 12.2. The maximum Gasteiger partial charge on any atom is 0.137 e. The second-order valence-corrected chi connectivity index (χ2v) is 16.2. The van der Waals surface area contributed by atoms with Gasteiger partial charge in [0.25, 0.3) is 0 Å². The minimum atomic E-state index is -1.38. The van der Waals surface area contributed by atoms with Crippen LogP contribution in [0, 0.1) is 22.7 Å². The molecule has 5 heteroatoms. The number of nitrogens with zero attached hydrogens (tertiary/aromatic N) is 3. The molecule has 3 heterocycles. The first-order chi connectivity index (χ1) is 17.8. The van der Waals surface area contributed by atoms with Gasteiger partial charge in [0, 0.05) is 24.4 Å². The molecule has 2 aromatic carbocycles. The van der Waals surface area contributed by atoms with Crippen LogP contribution >= 0.6 is 0 Å². The average molecular weight is 504 g/mol. The lowest BCUT2D eigenvalue weighted by Crippen LogP contribution is -2.37. The molecule has 0 radical (unpaired) electrons. The van der Waals surface area contributed by atoms with E-state index in [2.05, 4.69) is 60.9 Å². The molecule has 186 valence electrons. The molecule has 0 bridgehead atoms. The molecule has 0 aliphatic carbocycles. The van der Waals surface area contributed by atoms with Gasteiger partial charge in [-0.1, -0.05) is 55.2 Å². The van der Waals surface area contributed by atoms with Gasteiger partial charge in [0.05, 0.1) is 8.07 Å². The van der Waals surface area contributed by atoms with Gasteiger partial charge in [-0.05, 0) is 84.7 Å². The van der Waals surface area contributed by atoms with Crippen molar-refractivity contribution >= 4 is 25.0 Å². The molecule has 0 fully saturated rings. The van der Waals surface area contributed by atoms with Crippen molar-refractivity contribution in [3.05, 3.63) is 87.9 Å². The Labute approximate surface area is 221 Å². The molecule has 0 atom stereocenters. The van der Waals surface area contributed by atoms with E-state index in [0.717, 1.165) is 25.9 Å². The Balaban J connectivity index is 1.64. The quantitative estimate of drug-likeness (QED) is 0.341. The molecule has 37 heavy (non-hydrogen) atoms. The van der Waals surface area contributed by atoms with E-state index < -0.39 is 8.07 Å². The number of anilines is 1. The molecule has 0 aromatic heterocycles. The first-order valence-electron chi connectivity index (χ1n) is 13.1. The van der Waals surface area contributed by atoms with Crippen molar-refractivity contribution in [3.63, 3.8) is 0 Å². The summed E-state index contributed by atoms with van der Waals surface area (Å²) in [6, 6.07) is 15.6. The molecule has 0 unspecified atom stereocenters. The van der Waals surface area contributed by atoms with E-state index in [1.807, 2.05) is 25.1 Å². The van der Waals surface area contributed by atoms with Crippen molar-refractivity contribution in [3.8, 4) is 23.3 Å². The van der Waals surface area contributed by atoms with Crippen LogP contribution in [0.25, 0.3) is 17.2 Å². The maximum absolute atomic E-state index is 9.34. The number of rotatable bonds is 4. The van der Waals surface area contributed by atoms with E-state index in [-0.39, 0.29) is 5.57 Å². The Kier molecular flexibility index (Phi) is 6.67. The standard InChI is InChI=1S/C32H33N3OSi/c1-22-17-26(27(20-33)21-34)19-28(36-22)12-9-24-18-25-7-5-15-35-16-6-8-30(32(25)35)31(24)23-10-13-29(14-11-23)37(2,3)4/h9-14,17-19H,5-8,15-16H2,1-4H3/b12-9+. The van der Waals surface area contributed by atoms with Crippen molar-refractivity contribution in [2.45, 2.75) is 52.2 Å². The summed E-state index contributed by atoms with van der Waals surface area (Å²) >= 11 is 0. The third-order valence-electron chi connectivity index (χ3n) is 7.47. The summed E-state index contributed by atoms with van der Waals surface area (Å²) in [5.41, 5.74) is 8.83. The van der Waals surface area contributed by atoms with Crippen LogP contribution in [-0.4, -0.2) is 21.2 Å². The summed E-state index contributed by atoms with van der Waals surface area (Å²) in [5, 5.41) is 20.1. The highest BCUT2D eigenvalue weighted by molar-refractivity contribution is 6.88. The van der Waals surface area contributed by atoms with Crippen LogP contribution in [0.15, 0.2) is 71.2 Å². The third kappa shape index (κ3) is 4.93. The van der Waals surface area contributed by atoms with Gasteiger partial charge in [-0.2, -0.15) is 10.5 Å². The normalized spacial score (nSPS) is 16.8. The minimum Gasteiger partial charge on any atom is -0.462 e. The third-order valence-corrected chi connectivity index (χ3v) is 9.54. The number of allylic oxidation sites excluding steroid dienone is 6. The van der Waals surface area contributed by atoms with E-state index in [9.17, 15) is 10.5 Å². The van der Waals surface area contributed by atoms with Crippen LogP contribution in [0.2, 0.25) is 19.6 Å². The number of hydrogen-bond donors (Lipinski definition) is 0. The van der Waals surface area contributed by atoms with Crippen LogP contribution < -0.4 is 10.1 Å². The maximum atomic E-state index is 9.34. The number of benzene rings is 2. The largest absolute Gasteiger partial charge is 0.462 e. The van der Waals surface area contributed by atoms with E-state index in [1.165, 1.54) is 51.5 Å². The summed E-state index contributed by atoms with van der Waals surface area (Å²) in [5.74, 6) is 1.30. The predicted octanol–water partition coefficient (Wildman–Crippen LogP) is 6.77. The zero-order valence-corrected chi connectivity index (χ0v) is 23.2. The number of ether oxygens (including phenoxy) is 1. The molecular formula is C32H33N3OSi. The van der Waals surface area contributed by atoms with Gasteiger partial charge in [-0.15, -0.1) is 0 Å². The molecule has 3 aliphatic rings. The van der Waals surface area contributed by atoms with Gasteiger partial charge in [0.2, 0.25) is 0 Å². The molecule has 2 aromatic rings. The summed E-state index contributed by atoms with van der Waals surface area (Å²) < 4.78 is 5.95. The van der Waals surface area contributed by atoms with Gasteiger partial charge in [-0.3, -0.25) is 0 Å². The smallest absolute Gasteiger partial charge is 0.137 e. The Hall–Kier alpha value is -3.80. The van der Waals surface area contributed by atoms with E-state index in [0.29, 0.717) is 17.1 Å². The molecule has 0 saturated heterocycles. The van der Waals surface area contributed by atoms with Gasteiger partial charge in [-0.25, -0.2) is 0 Å². The summed E-state index contributed by atoms with van der Waals surface area (Å²) in [6.45, 7) is 11.3. The second-order valence-electron chi connectivity index (χ2n) is 11.1. The number of nitriles is 2. The minimum absolute atomic E-state index is 0.0926. The van der Waals surface area contributed by atoms with Crippen LogP contribution in [0.4, 0.5) is 5.69 Å². The van der Waals surface area contributed by atoms with Crippen LogP contribution in [0.5, 0.6) is 0 Å². The fourth-order valence-corrected chi connectivity index (χ4v) is 6.87. The monoisotopic (exact) mass is 503 g/mol. The highest BCUT2D eigenvalue weighted by Gasteiger charge is 2.28. The molecule has 3 aliphatic heterocycles. The molecule has 0 saturated carbocycles. The van der Waals surface area contributed by atoms with Gasteiger partial charge >= 0.3 is 0 Å². The van der Waals surface area contributed by atoms with Crippen molar-refractivity contribution in [1.29, 1.82) is 10.5 Å². The van der Waals surface area contributed by atoms with Crippen molar-refractivity contribution in [2.24, 2.45) is 0 Å². The van der Waals surface area contributed by atoms with E-state index in [4.69, 9.17) is 4.74 Å². The topological polar surface area (TPSA) is 60.0 Å². The first-order valence-corrected chi connectivity index (χ1v) is 16.6. The lowest BCUT2D eigenvalue weighted by molar-refractivity contribution is 0.318. The van der Waals surface area contributed by atoms with Gasteiger partial charge in [0.1, 0.15) is 29.2 Å². The lowest BCUT2D eigenvalue weighted by atomic mass is 9.83. The van der Waals surface area contributed by atoms with Crippen molar-refractivity contribution in [1.82, 2.24) is 0 Å². The van der Waals surface area contributed by atoms with Crippen LogP contribution in [0.3, 0.4) is 0 Å². The SMILES string of the molecule is CC1=CC(=C(C#N)C#N)C=C(/C=C/c2cc3c4c(c2-c2ccc([Si](C)(C)C)cc2)CCCN4CCC3)O1. The lowest BCUT2D eigenvalue weighted by Gasteiger charge is -2.38. The van der Waals surface area contributed by atoms with E-state index in [1.54, 1.807) is 12.2 Å². The highest BCUT2D eigenvalue weighted by Crippen LogP contribution is 2.43. The number of hydrogen-bond acceptors (Lipinski definition) is 4. The molecule has 0 N–H and O–H groups in total. The Morgan fingerprint density at radius 1 is 0.973 bits per heavy atom. The first kappa shape index (κ1) is 24.9. The molecule has 5 rings (SSSR count). The fourth-order valence-electron chi connectivity index (χ4n) is 5.71. The zero-order chi connectivity index (χ0) is 26.2. The Morgan fingerprint density at radius 2 is 1.68 bits per heavy atom. The summed E-state index contributed by atoms with van der Waals surface area (Å²) in [4.78, 5) is 2.59. The van der Waals surface area contributed by atoms with Gasteiger partial charge < -0.3 is 9.64 Å². The average Bonchev–Trinajstić information content (AvgIpc) is 2.88. The van der Waals surface area contributed by atoms with Gasteiger partial charge in [0.15, 0.2) is 0 Å². The summed E-state index contributed by atoms with van der Waals surface area (Å²) in [7, 11) is -1.38. The Bertz CT molecular complexity index is 1440. The zero-order valence-electron chi connectivity index (χ0n) is 22.2. The molecule has 4 nitrogen and oxygen atoms in total. The second kappa shape index (κ2) is 9.92. The highest BCUT2D eigenvalue weighted by atomic mass is 28.3. The predicted molar refractivity (Wildman–Crippen MR) is 154 cm³/mol. The Morgan fingerprint density at radius 3 is 2.35 bits per heavy atom. The molecular weight excluding hydrogens is 470 g/mol. The van der Waals surface area contributed by atoms with E-state index >= 15 is 0 Å². The van der Waals surface area contributed by atoms with Crippen molar-refractivity contribution in [2.75, 3.05) is 18.0 Å². The van der Waals surface area contributed by atoms with Crippen LogP contribution in [0.1, 0.15) is 36.5 Å². The fraction of sp³-hybridized carbons (Fsp3) is 0.312.